The van der Waals surface area contributed by atoms with Crippen LogP contribution in [-0.2, 0) is 11.3 Å². The first kappa shape index (κ1) is 19.5. The van der Waals surface area contributed by atoms with Gasteiger partial charge in [-0.15, -0.1) is 11.3 Å². The first-order valence-electron chi connectivity index (χ1n) is 8.95. The molecule has 0 bridgehead atoms. The maximum atomic E-state index is 13.1. The van der Waals surface area contributed by atoms with E-state index in [2.05, 4.69) is 4.98 Å². The van der Waals surface area contributed by atoms with Crippen LogP contribution in [0.15, 0.2) is 57.3 Å². The lowest BCUT2D eigenvalue weighted by atomic mass is 10.1. The van der Waals surface area contributed by atoms with Crippen LogP contribution in [0.5, 0.6) is 0 Å². The first-order chi connectivity index (χ1) is 14.5. The maximum Gasteiger partial charge on any atom is 0.374 e. The van der Waals surface area contributed by atoms with Gasteiger partial charge in [0.15, 0.2) is 0 Å². The fourth-order valence-electron chi connectivity index (χ4n) is 3.02. The van der Waals surface area contributed by atoms with Crippen LogP contribution < -0.4 is 5.56 Å². The smallest absolute Gasteiger partial charge is 0.374 e. The molecule has 9 nitrogen and oxygen atoms in total. The van der Waals surface area contributed by atoms with Crippen molar-refractivity contribution in [2.75, 3.05) is 6.61 Å². The number of non-ortho nitro benzene ring substituents is 1. The highest BCUT2D eigenvalue weighted by Crippen LogP contribution is 2.32. The molecule has 4 aromatic rings. The average molecular weight is 425 g/mol. The Kier molecular flexibility index (Phi) is 5.15. The average Bonchev–Trinajstić information content (AvgIpc) is 3.38. The molecule has 0 spiro atoms. The van der Waals surface area contributed by atoms with Gasteiger partial charge in [-0.05, 0) is 24.6 Å². The zero-order valence-corrected chi connectivity index (χ0v) is 16.5. The van der Waals surface area contributed by atoms with Crippen molar-refractivity contribution in [3.05, 3.63) is 80.1 Å². The highest BCUT2D eigenvalue weighted by Gasteiger charge is 2.17. The number of hydrogen-bond acceptors (Lipinski definition) is 8. The third kappa shape index (κ3) is 3.60. The number of thiophene rings is 1. The molecule has 0 N–H and O–H groups in total. The van der Waals surface area contributed by atoms with Gasteiger partial charge in [-0.3, -0.25) is 19.5 Å². The van der Waals surface area contributed by atoms with Crippen molar-refractivity contribution >= 4 is 33.2 Å². The van der Waals surface area contributed by atoms with E-state index in [4.69, 9.17) is 9.15 Å². The Hall–Kier alpha value is -3.79. The van der Waals surface area contributed by atoms with Gasteiger partial charge in [0.2, 0.25) is 5.76 Å². The second-order valence-corrected chi connectivity index (χ2v) is 7.16. The summed E-state index contributed by atoms with van der Waals surface area (Å²) in [4.78, 5) is 40.3. The number of rotatable bonds is 6. The van der Waals surface area contributed by atoms with E-state index in [1.54, 1.807) is 30.5 Å². The van der Waals surface area contributed by atoms with E-state index in [0.29, 0.717) is 27.1 Å². The third-order valence-corrected chi connectivity index (χ3v) is 5.28. The lowest BCUT2D eigenvalue weighted by molar-refractivity contribution is -0.384. The minimum atomic E-state index is -0.574. The predicted molar refractivity (Wildman–Crippen MR) is 110 cm³/mol. The SMILES string of the molecule is CCOC(=O)c1ccc(Cn2cnc3scc(-c4cccc([N+](=O)[O-])c4)c3c2=O)o1. The molecule has 3 aromatic heterocycles. The second-order valence-electron chi connectivity index (χ2n) is 6.30. The fraction of sp³-hybridized carbons (Fsp3) is 0.150. The molecule has 3 heterocycles. The Bertz CT molecular complexity index is 1320. The molecule has 30 heavy (non-hydrogen) atoms. The number of carbonyl (C=O) groups excluding carboxylic acids is 1. The van der Waals surface area contributed by atoms with Gasteiger partial charge in [0, 0.05) is 23.1 Å². The number of hydrogen-bond donors (Lipinski definition) is 0. The summed E-state index contributed by atoms with van der Waals surface area (Å²) in [5.74, 6) is -0.120. The van der Waals surface area contributed by atoms with E-state index in [9.17, 15) is 19.7 Å². The Morgan fingerprint density at radius 2 is 2.17 bits per heavy atom. The Labute approximate surface area is 173 Å². The van der Waals surface area contributed by atoms with Gasteiger partial charge in [0.25, 0.3) is 11.2 Å². The van der Waals surface area contributed by atoms with Crippen LogP contribution in [0.3, 0.4) is 0 Å². The third-order valence-electron chi connectivity index (χ3n) is 4.39. The van der Waals surface area contributed by atoms with E-state index < -0.39 is 10.9 Å². The highest BCUT2D eigenvalue weighted by atomic mass is 32.1. The molecule has 10 heteroatoms. The van der Waals surface area contributed by atoms with E-state index in [-0.39, 0.29) is 30.2 Å². The number of fused-ring (bicyclic) bond motifs is 1. The number of nitro groups is 1. The topological polar surface area (TPSA) is 117 Å². The lowest BCUT2D eigenvalue weighted by Gasteiger charge is -2.05. The second kappa shape index (κ2) is 7.91. The molecule has 4 rings (SSSR count). The number of esters is 1. The monoisotopic (exact) mass is 425 g/mol. The van der Waals surface area contributed by atoms with Crippen LogP contribution in [0.4, 0.5) is 5.69 Å². The molecule has 0 aliphatic rings. The number of benzene rings is 1. The van der Waals surface area contributed by atoms with Gasteiger partial charge in [-0.25, -0.2) is 9.78 Å². The predicted octanol–water partition coefficient (Wildman–Crippen LogP) is 3.85. The van der Waals surface area contributed by atoms with Gasteiger partial charge < -0.3 is 9.15 Å². The molecule has 1 aromatic carbocycles. The Morgan fingerprint density at radius 1 is 1.33 bits per heavy atom. The molecular weight excluding hydrogens is 410 g/mol. The lowest BCUT2D eigenvalue weighted by Crippen LogP contribution is -2.20. The standard InChI is InChI=1S/C20H15N3O6S/c1-2-28-20(25)16-7-6-14(29-16)9-22-11-21-18-17(19(22)24)15(10-30-18)12-4-3-5-13(8-12)23(26)27/h3-8,10-11H,2,9H2,1H3. The summed E-state index contributed by atoms with van der Waals surface area (Å²) >= 11 is 1.29. The molecule has 0 atom stereocenters. The number of nitro benzene ring substituents is 1. The summed E-state index contributed by atoms with van der Waals surface area (Å²) in [5.41, 5.74) is 0.780. The van der Waals surface area contributed by atoms with E-state index in [1.807, 2.05) is 0 Å². The molecule has 0 amide bonds. The van der Waals surface area contributed by atoms with Crippen molar-refractivity contribution in [2.45, 2.75) is 13.5 Å². The minimum Gasteiger partial charge on any atom is -0.460 e. The highest BCUT2D eigenvalue weighted by molar-refractivity contribution is 7.17. The van der Waals surface area contributed by atoms with Crippen molar-refractivity contribution in [1.29, 1.82) is 0 Å². The van der Waals surface area contributed by atoms with Crippen LogP contribution in [0.25, 0.3) is 21.3 Å². The van der Waals surface area contributed by atoms with E-state index in [1.165, 1.54) is 40.4 Å². The Balaban J connectivity index is 1.72. The number of furan rings is 1. The Morgan fingerprint density at radius 3 is 2.93 bits per heavy atom. The fourth-order valence-corrected chi connectivity index (χ4v) is 3.93. The van der Waals surface area contributed by atoms with Crippen molar-refractivity contribution in [3.8, 4) is 11.1 Å². The van der Waals surface area contributed by atoms with E-state index in [0.717, 1.165) is 0 Å². The molecule has 0 unspecified atom stereocenters. The molecule has 0 saturated heterocycles. The minimum absolute atomic E-state index is 0.0572. The number of carbonyl (C=O) groups is 1. The molecule has 152 valence electrons. The maximum absolute atomic E-state index is 13.1. The van der Waals surface area contributed by atoms with Crippen LogP contribution in [-0.4, -0.2) is 27.1 Å². The largest absolute Gasteiger partial charge is 0.460 e. The number of ether oxygens (including phenoxy) is 1. The van der Waals surface area contributed by atoms with Crippen LogP contribution in [0.1, 0.15) is 23.2 Å². The van der Waals surface area contributed by atoms with Crippen LogP contribution in [0, 0.1) is 10.1 Å². The molecule has 0 aliphatic heterocycles. The van der Waals surface area contributed by atoms with Gasteiger partial charge >= 0.3 is 5.97 Å². The summed E-state index contributed by atoms with van der Waals surface area (Å²) in [6.07, 6.45) is 1.41. The van der Waals surface area contributed by atoms with Gasteiger partial charge in [0.1, 0.15) is 10.6 Å². The van der Waals surface area contributed by atoms with Gasteiger partial charge in [-0.1, -0.05) is 12.1 Å². The zero-order chi connectivity index (χ0) is 21.3. The number of nitrogens with zero attached hydrogens (tertiary/aromatic N) is 3. The number of aromatic nitrogens is 2. The quantitative estimate of drug-likeness (QED) is 0.262. The van der Waals surface area contributed by atoms with Gasteiger partial charge in [0.05, 0.1) is 29.8 Å². The van der Waals surface area contributed by atoms with Crippen molar-refractivity contribution in [3.63, 3.8) is 0 Å². The molecule has 0 radical (unpaired) electrons. The molecule has 0 saturated carbocycles. The van der Waals surface area contributed by atoms with Gasteiger partial charge in [-0.2, -0.15) is 0 Å². The molecule has 0 fully saturated rings. The van der Waals surface area contributed by atoms with Crippen molar-refractivity contribution < 1.29 is 18.9 Å². The molecule has 0 aliphatic carbocycles. The molecular formula is C20H15N3O6S. The normalized spacial score (nSPS) is 11.0. The first-order valence-corrected chi connectivity index (χ1v) is 9.83. The van der Waals surface area contributed by atoms with Crippen molar-refractivity contribution in [2.24, 2.45) is 0 Å². The van der Waals surface area contributed by atoms with Crippen LogP contribution >= 0.6 is 11.3 Å². The summed E-state index contributed by atoms with van der Waals surface area (Å²) in [5, 5.41) is 13.2. The summed E-state index contributed by atoms with van der Waals surface area (Å²) in [6, 6.07) is 9.19. The zero-order valence-electron chi connectivity index (χ0n) is 15.7. The van der Waals surface area contributed by atoms with Crippen molar-refractivity contribution in [1.82, 2.24) is 9.55 Å². The van der Waals surface area contributed by atoms with Crippen LogP contribution in [0.2, 0.25) is 0 Å². The summed E-state index contributed by atoms with van der Waals surface area (Å²) in [7, 11) is 0. The summed E-state index contributed by atoms with van der Waals surface area (Å²) < 4.78 is 11.7. The summed E-state index contributed by atoms with van der Waals surface area (Å²) in [6.45, 7) is 2.00. The van der Waals surface area contributed by atoms with E-state index >= 15 is 0 Å².